The van der Waals surface area contributed by atoms with Crippen LogP contribution >= 0.6 is 0 Å². The third kappa shape index (κ3) is 4.72. The number of rotatable bonds is 6. The maximum atomic E-state index is 13.4. The summed E-state index contributed by atoms with van der Waals surface area (Å²) in [7, 11) is 1.61. The number of aromatic nitrogens is 2. The average molecular weight is 469 g/mol. The highest BCUT2D eigenvalue weighted by Crippen LogP contribution is 2.33. The molecule has 1 aliphatic rings. The van der Waals surface area contributed by atoms with Gasteiger partial charge < -0.3 is 20.1 Å². The molecule has 0 fully saturated rings. The van der Waals surface area contributed by atoms with Crippen LogP contribution in [0.5, 0.6) is 11.5 Å². The van der Waals surface area contributed by atoms with E-state index in [4.69, 9.17) is 14.6 Å². The lowest BCUT2D eigenvalue weighted by Gasteiger charge is -2.23. The summed E-state index contributed by atoms with van der Waals surface area (Å²) in [5.74, 6) is 0.734. The zero-order valence-electron chi connectivity index (χ0n) is 19.3. The van der Waals surface area contributed by atoms with Crippen molar-refractivity contribution in [2.45, 2.75) is 19.6 Å². The number of nitrogens with one attached hydrogen (secondary N) is 2. The van der Waals surface area contributed by atoms with E-state index in [1.54, 1.807) is 43.1 Å². The van der Waals surface area contributed by atoms with E-state index in [1.165, 1.54) is 0 Å². The molecule has 1 aliphatic heterocycles. The van der Waals surface area contributed by atoms with Gasteiger partial charge in [-0.25, -0.2) is 0 Å². The molecule has 0 bridgehead atoms. The molecule has 35 heavy (non-hydrogen) atoms. The van der Waals surface area contributed by atoms with Crippen molar-refractivity contribution >= 4 is 23.2 Å². The van der Waals surface area contributed by atoms with E-state index < -0.39 is 6.10 Å². The van der Waals surface area contributed by atoms with Crippen LogP contribution in [0.3, 0.4) is 0 Å². The Bertz CT molecular complexity index is 1380. The van der Waals surface area contributed by atoms with Crippen LogP contribution < -0.4 is 20.1 Å². The third-order valence-electron chi connectivity index (χ3n) is 5.73. The summed E-state index contributed by atoms with van der Waals surface area (Å²) >= 11 is 0. The molecule has 0 saturated carbocycles. The number of hydrogen-bond donors (Lipinski definition) is 2. The minimum absolute atomic E-state index is 0.232. The van der Waals surface area contributed by atoms with E-state index in [0.717, 1.165) is 16.9 Å². The molecule has 0 saturated heterocycles. The average Bonchev–Trinajstić information content (AvgIpc) is 3.29. The molecule has 176 valence electrons. The molecule has 8 nitrogen and oxygen atoms in total. The predicted molar refractivity (Wildman–Crippen MR) is 133 cm³/mol. The number of amides is 2. The lowest BCUT2D eigenvalue weighted by molar-refractivity contribution is -0.122. The summed E-state index contributed by atoms with van der Waals surface area (Å²) in [6.07, 6.45) is 1.18. The van der Waals surface area contributed by atoms with Gasteiger partial charge in [0, 0.05) is 17.4 Å². The summed E-state index contributed by atoms with van der Waals surface area (Å²) in [6.45, 7) is 2.21. The Morgan fingerprint density at radius 3 is 2.63 bits per heavy atom. The molecule has 1 aromatic heterocycles. The maximum absolute atomic E-state index is 13.4. The summed E-state index contributed by atoms with van der Waals surface area (Å²) in [6, 6.07) is 22.5. The fourth-order valence-corrected chi connectivity index (χ4v) is 3.89. The van der Waals surface area contributed by atoms with Crippen LogP contribution in [0.4, 0.5) is 11.4 Å². The van der Waals surface area contributed by atoms with E-state index in [2.05, 4.69) is 10.6 Å². The highest BCUT2D eigenvalue weighted by atomic mass is 16.5. The molecule has 2 heterocycles. The Balaban J connectivity index is 1.45. The minimum atomic E-state index is -0.564. The molecule has 5 rings (SSSR count). The summed E-state index contributed by atoms with van der Waals surface area (Å²) in [5.41, 5.74) is 3.90. The molecule has 0 spiro atoms. The molecule has 1 atom stereocenters. The number of nitrogens with zero attached hydrogens (tertiary/aromatic N) is 2. The highest BCUT2D eigenvalue weighted by molar-refractivity contribution is 6.08. The standard InChI is InChI=1S/C27H24N4O4/c1-17-26(32)29-23-14-20(10-13-24(23)35-17)28-27(33)22-16-31(15-18-6-4-3-5-7-18)30-25(22)19-8-11-21(34-2)12-9-19/h3-14,16-17H,15H2,1-2H3,(H,28,33)(H,29,32)/t17-/m1/s1. The van der Waals surface area contributed by atoms with Crippen molar-refractivity contribution in [3.63, 3.8) is 0 Å². The first-order valence-electron chi connectivity index (χ1n) is 11.2. The first-order valence-corrected chi connectivity index (χ1v) is 11.2. The Hall–Kier alpha value is -4.59. The van der Waals surface area contributed by atoms with Gasteiger partial charge >= 0.3 is 0 Å². The molecule has 2 amide bonds. The summed E-state index contributed by atoms with van der Waals surface area (Å²) in [4.78, 5) is 25.3. The molecule has 4 aromatic rings. The zero-order valence-corrected chi connectivity index (χ0v) is 19.3. The number of carbonyl (C=O) groups excluding carboxylic acids is 2. The Kier molecular flexibility index (Phi) is 5.93. The Morgan fingerprint density at radius 1 is 1.11 bits per heavy atom. The van der Waals surface area contributed by atoms with Gasteiger partial charge in [0.25, 0.3) is 11.8 Å². The normalized spacial score (nSPS) is 14.5. The molecular weight excluding hydrogens is 444 g/mol. The van der Waals surface area contributed by atoms with Gasteiger partial charge in [-0.2, -0.15) is 5.10 Å². The van der Waals surface area contributed by atoms with E-state index in [-0.39, 0.29) is 11.8 Å². The van der Waals surface area contributed by atoms with Crippen molar-refractivity contribution in [3.05, 3.63) is 90.1 Å². The predicted octanol–water partition coefficient (Wildman–Crippen LogP) is 4.58. The van der Waals surface area contributed by atoms with Crippen LogP contribution in [0.1, 0.15) is 22.8 Å². The van der Waals surface area contributed by atoms with Crippen LogP contribution in [0.15, 0.2) is 79.0 Å². The number of ether oxygens (including phenoxy) is 2. The van der Waals surface area contributed by atoms with Gasteiger partial charge in [-0.15, -0.1) is 0 Å². The molecule has 3 aromatic carbocycles. The molecule has 2 N–H and O–H groups in total. The van der Waals surface area contributed by atoms with Crippen molar-refractivity contribution in [2.24, 2.45) is 0 Å². The number of methoxy groups -OCH3 is 1. The van der Waals surface area contributed by atoms with Gasteiger partial charge in [-0.1, -0.05) is 30.3 Å². The SMILES string of the molecule is COc1ccc(-c2nn(Cc3ccccc3)cc2C(=O)Nc2ccc3c(c2)NC(=O)[C@@H](C)O3)cc1. The van der Waals surface area contributed by atoms with E-state index in [1.807, 2.05) is 54.6 Å². The second-order valence-electron chi connectivity index (χ2n) is 8.22. The second kappa shape index (κ2) is 9.34. The second-order valence-corrected chi connectivity index (χ2v) is 8.22. The molecule has 0 aliphatic carbocycles. The fourth-order valence-electron chi connectivity index (χ4n) is 3.89. The van der Waals surface area contributed by atoms with Crippen molar-refractivity contribution in [1.29, 1.82) is 0 Å². The molecule has 8 heteroatoms. The largest absolute Gasteiger partial charge is 0.497 e. The Morgan fingerprint density at radius 2 is 1.89 bits per heavy atom. The lowest BCUT2D eigenvalue weighted by Crippen LogP contribution is -2.34. The molecule has 0 radical (unpaired) electrons. The van der Waals surface area contributed by atoms with Crippen molar-refractivity contribution < 1.29 is 19.1 Å². The topological polar surface area (TPSA) is 94.5 Å². The van der Waals surface area contributed by atoms with Gasteiger partial charge in [0.2, 0.25) is 0 Å². The van der Waals surface area contributed by atoms with E-state index in [9.17, 15) is 9.59 Å². The van der Waals surface area contributed by atoms with Crippen molar-refractivity contribution in [1.82, 2.24) is 9.78 Å². The quantitative estimate of drug-likeness (QED) is 0.432. The summed E-state index contributed by atoms with van der Waals surface area (Å²) in [5, 5.41) is 10.4. The van der Waals surface area contributed by atoms with Crippen LogP contribution in [-0.2, 0) is 11.3 Å². The number of anilines is 2. The Labute approximate surface area is 202 Å². The fraction of sp³-hybridized carbons (Fsp3) is 0.148. The smallest absolute Gasteiger partial charge is 0.265 e. The maximum Gasteiger partial charge on any atom is 0.265 e. The zero-order chi connectivity index (χ0) is 24.4. The number of benzene rings is 3. The van der Waals surface area contributed by atoms with Crippen LogP contribution in [0, 0.1) is 0 Å². The monoisotopic (exact) mass is 468 g/mol. The van der Waals surface area contributed by atoms with Crippen molar-refractivity contribution in [3.8, 4) is 22.8 Å². The van der Waals surface area contributed by atoms with Crippen molar-refractivity contribution in [2.75, 3.05) is 17.7 Å². The summed E-state index contributed by atoms with van der Waals surface area (Å²) < 4.78 is 12.6. The van der Waals surface area contributed by atoms with Crippen LogP contribution in [0.25, 0.3) is 11.3 Å². The number of carbonyl (C=O) groups is 2. The molecule has 0 unspecified atom stereocenters. The van der Waals surface area contributed by atoms with E-state index in [0.29, 0.717) is 34.9 Å². The highest BCUT2D eigenvalue weighted by Gasteiger charge is 2.24. The van der Waals surface area contributed by atoms with Crippen LogP contribution in [0.2, 0.25) is 0 Å². The number of hydrogen-bond acceptors (Lipinski definition) is 5. The van der Waals surface area contributed by atoms with Gasteiger partial charge in [-0.05, 0) is 55.0 Å². The first-order chi connectivity index (χ1) is 17.0. The van der Waals surface area contributed by atoms with Crippen LogP contribution in [-0.4, -0.2) is 34.8 Å². The lowest BCUT2D eigenvalue weighted by atomic mass is 10.1. The van der Waals surface area contributed by atoms with Gasteiger partial charge in [0.1, 0.15) is 17.2 Å². The minimum Gasteiger partial charge on any atom is -0.497 e. The van der Waals surface area contributed by atoms with E-state index >= 15 is 0 Å². The molecular formula is C27H24N4O4. The first kappa shape index (κ1) is 22.2. The van der Waals surface area contributed by atoms with Gasteiger partial charge in [0.05, 0.1) is 24.9 Å². The third-order valence-corrected chi connectivity index (χ3v) is 5.73. The van der Waals surface area contributed by atoms with Gasteiger partial charge in [-0.3, -0.25) is 14.3 Å². The van der Waals surface area contributed by atoms with Gasteiger partial charge in [0.15, 0.2) is 6.10 Å². The number of fused-ring (bicyclic) bond motifs is 1.